The molecule has 0 saturated carbocycles. The molecule has 0 atom stereocenters. The summed E-state index contributed by atoms with van der Waals surface area (Å²) in [5, 5.41) is 0. The van der Waals surface area contributed by atoms with Gasteiger partial charge in [-0.05, 0) is 19.8 Å². The molecule has 58 valence electrons. The Kier molecular flexibility index (Phi) is 4.01. The van der Waals surface area contributed by atoms with Gasteiger partial charge in [0.25, 0.3) is 0 Å². The minimum Gasteiger partial charge on any atom is -0.303 e. The third-order valence-corrected chi connectivity index (χ3v) is 1.51. The monoisotopic (exact) mass is 140 g/mol. The van der Waals surface area contributed by atoms with Crippen LogP contribution in [-0.2, 0) is 4.79 Å². The van der Waals surface area contributed by atoms with Gasteiger partial charge in [0.1, 0.15) is 6.29 Å². The van der Waals surface area contributed by atoms with E-state index in [0.717, 1.165) is 19.1 Å². The fraction of sp³-hybridized carbons (Fsp3) is 0.667. The Bertz CT molecular complexity index is 123. The van der Waals surface area contributed by atoms with Crippen LogP contribution in [0, 0.1) is 5.41 Å². The number of rotatable bonds is 4. The van der Waals surface area contributed by atoms with Crippen LogP contribution in [0.3, 0.4) is 0 Å². The van der Waals surface area contributed by atoms with Gasteiger partial charge in [0.15, 0.2) is 0 Å². The van der Waals surface area contributed by atoms with Crippen LogP contribution in [0.4, 0.5) is 0 Å². The minimum absolute atomic E-state index is 0.139. The van der Waals surface area contributed by atoms with Crippen LogP contribution >= 0.6 is 0 Å². The smallest absolute Gasteiger partial charge is 0.125 e. The van der Waals surface area contributed by atoms with Crippen molar-refractivity contribution in [3.8, 4) is 0 Å². The summed E-state index contributed by atoms with van der Waals surface area (Å²) in [4.78, 5) is 10.4. The van der Waals surface area contributed by atoms with Crippen LogP contribution in [0.1, 0.15) is 33.6 Å². The maximum absolute atomic E-state index is 10.4. The van der Waals surface area contributed by atoms with Crippen molar-refractivity contribution in [3.63, 3.8) is 0 Å². The first-order chi connectivity index (χ1) is 4.62. The lowest BCUT2D eigenvalue weighted by Crippen LogP contribution is -2.11. The number of hydrogen-bond donors (Lipinski definition) is 0. The highest BCUT2D eigenvalue weighted by atomic mass is 16.1. The van der Waals surface area contributed by atoms with Gasteiger partial charge in [-0.1, -0.05) is 26.0 Å². The maximum atomic E-state index is 10.4. The fourth-order valence-corrected chi connectivity index (χ4v) is 0.681. The van der Waals surface area contributed by atoms with Crippen molar-refractivity contribution in [2.24, 2.45) is 5.41 Å². The molecule has 0 radical (unpaired) electrons. The first-order valence-electron chi connectivity index (χ1n) is 3.70. The second kappa shape index (κ2) is 4.26. The molecule has 0 heterocycles. The lowest BCUT2D eigenvalue weighted by atomic mass is 9.90. The highest BCUT2D eigenvalue weighted by Gasteiger charge is 2.13. The molecule has 0 N–H and O–H groups in total. The summed E-state index contributed by atoms with van der Waals surface area (Å²) in [7, 11) is 0. The summed E-state index contributed by atoms with van der Waals surface area (Å²) in [5.41, 5.74) is -0.139. The topological polar surface area (TPSA) is 17.1 Å². The zero-order valence-electron chi connectivity index (χ0n) is 7.05. The summed E-state index contributed by atoms with van der Waals surface area (Å²) in [6, 6.07) is 0. The van der Waals surface area contributed by atoms with Crippen LogP contribution in [0.2, 0.25) is 0 Å². The molecule has 0 spiro atoms. The van der Waals surface area contributed by atoms with Gasteiger partial charge in [0.2, 0.25) is 0 Å². The van der Waals surface area contributed by atoms with Crippen LogP contribution < -0.4 is 0 Å². The van der Waals surface area contributed by atoms with Crippen molar-refractivity contribution < 1.29 is 4.79 Å². The van der Waals surface area contributed by atoms with Crippen molar-refractivity contribution in [2.45, 2.75) is 33.6 Å². The Hall–Kier alpha value is -0.590. The summed E-state index contributed by atoms with van der Waals surface area (Å²) in [6.45, 7) is 5.92. The van der Waals surface area contributed by atoms with Crippen LogP contribution in [0.25, 0.3) is 0 Å². The maximum Gasteiger partial charge on any atom is 0.125 e. The summed E-state index contributed by atoms with van der Waals surface area (Å²) < 4.78 is 0. The number of allylic oxidation sites excluding steroid dienone is 2. The van der Waals surface area contributed by atoms with E-state index in [2.05, 4.69) is 6.08 Å². The Morgan fingerprint density at radius 3 is 2.40 bits per heavy atom. The van der Waals surface area contributed by atoms with E-state index >= 15 is 0 Å². The highest BCUT2D eigenvalue weighted by Crippen LogP contribution is 2.18. The number of aldehydes is 1. The number of carbonyl (C=O) groups is 1. The Morgan fingerprint density at radius 2 is 2.00 bits per heavy atom. The molecule has 0 amide bonds. The van der Waals surface area contributed by atoms with Crippen LogP contribution in [-0.4, -0.2) is 6.29 Å². The zero-order valence-corrected chi connectivity index (χ0v) is 7.05. The molecule has 0 aromatic heterocycles. The van der Waals surface area contributed by atoms with Gasteiger partial charge in [-0.2, -0.15) is 0 Å². The molecule has 0 fully saturated rings. The predicted octanol–water partition coefficient (Wildman–Crippen LogP) is 2.57. The standard InChI is InChI=1S/C9H16O/c1-4-5-6-7-9(2,3)8-10/h4-5,8H,6-7H2,1-3H3. The van der Waals surface area contributed by atoms with Gasteiger partial charge in [0.05, 0.1) is 0 Å². The van der Waals surface area contributed by atoms with Gasteiger partial charge >= 0.3 is 0 Å². The molecule has 0 aromatic carbocycles. The van der Waals surface area contributed by atoms with Crippen molar-refractivity contribution in [3.05, 3.63) is 12.2 Å². The Morgan fingerprint density at radius 1 is 1.40 bits per heavy atom. The van der Waals surface area contributed by atoms with Crippen LogP contribution in [0.5, 0.6) is 0 Å². The molecule has 0 aromatic rings. The first-order valence-corrected chi connectivity index (χ1v) is 3.70. The Balaban J connectivity index is 3.56. The highest BCUT2D eigenvalue weighted by molar-refractivity contribution is 5.57. The van der Waals surface area contributed by atoms with Crippen LogP contribution in [0.15, 0.2) is 12.2 Å². The molecule has 0 aliphatic carbocycles. The van der Waals surface area contributed by atoms with Crippen molar-refractivity contribution in [2.75, 3.05) is 0 Å². The van der Waals surface area contributed by atoms with Gasteiger partial charge < -0.3 is 4.79 Å². The average molecular weight is 140 g/mol. The fourth-order valence-electron chi connectivity index (χ4n) is 0.681. The normalized spacial score (nSPS) is 12.3. The quantitative estimate of drug-likeness (QED) is 0.433. The lowest BCUT2D eigenvalue weighted by molar-refractivity contribution is -0.114. The van der Waals surface area contributed by atoms with E-state index in [1.54, 1.807) is 0 Å². The second-order valence-electron chi connectivity index (χ2n) is 3.21. The average Bonchev–Trinajstić information content (AvgIpc) is 1.89. The molecule has 0 bridgehead atoms. The molecule has 0 aliphatic rings. The molecular weight excluding hydrogens is 124 g/mol. The van der Waals surface area contributed by atoms with E-state index in [1.165, 1.54) is 0 Å². The minimum atomic E-state index is -0.139. The van der Waals surface area contributed by atoms with E-state index in [1.807, 2.05) is 26.8 Å². The summed E-state index contributed by atoms with van der Waals surface area (Å²) in [6.07, 6.45) is 7.08. The molecule has 1 nitrogen and oxygen atoms in total. The van der Waals surface area contributed by atoms with Gasteiger partial charge in [-0.25, -0.2) is 0 Å². The summed E-state index contributed by atoms with van der Waals surface area (Å²) in [5.74, 6) is 0. The van der Waals surface area contributed by atoms with E-state index in [4.69, 9.17) is 0 Å². The zero-order chi connectivity index (χ0) is 8.04. The van der Waals surface area contributed by atoms with Crippen molar-refractivity contribution in [1.29, 1.82) is 0 Å². The van der Waals surface area contributed by atoms with Crippen molar-refractivity contribution in [1.82, 2.24) is 0 Å². The number of hydrogen-bond acceptors (Lipinski definition) is 1. The van der Waals surface area contributed by atoms with Gasteiger partial charge in [-0.3, -0.25) is 0 Å². The SMILES string of the molecule is CC=CCCC(C)(C)C=O. The lowest BCUT2D eigenvalue weighted by Gasteiger charge is -2.13. The largest absolute Gasteiger partial charge is 0.303 e. The third-order valence-electron chi connectivity index (χ3n) is 1.51. The third kappa shape index (κ3) is 4.30. The molecule has 1 heteroatoms. The van der Waals surface area contributed by atoms with Crippen molar-refractivity contribution >= 4 is 6.29 Å². The molecule has 0 unspecified atom stereocenters. The van der Waals surface area contributed by atoms with E-state index in [9.17, 15) is 4.79 Å². The molecule has 0 rings (SSSR count). The second-order valence-corrected chi connectivity index (χ2v) is 3.21. The molecule has 0 aliphatic heterocycles. The first kappa shape index (κ1) is 9.41. The summed E-state index contributed by atoms with van der Waals surface area (Å²) >= 11 is 0. The van der Waals surface area contributed by atoms with E-state index in [0.29, 0.717) is 0 Å². The predicted molar refractivity (Wildman–Crippen MR) is 43.9 cm³/mol. The van der Waals surface area contributed by atoms with Gasteiger partial charge in [-0.15, -0.1) is 0 Å². The van der Waals surface area contributed by atoms with E-state index < -0.39 is 0 Å². The molecular formula is C9H16O. The Labute approximate surface area is 63.1 Å². The van der Waals surface area contributed by atoms with E-state index in [-0.39, 0.29) is 5.41 Å². The molecule has 10 heavy (non-hydrogen) atoms. The molecule has 0 saturated heterocycles. The van der Waals surface area contributed by atoms with Gasteiger partial charge in [0, 0.05) is 5.41 Å². The number of carbonyl (C=O) groups excluding carboxylic acids is 1.